The highest BCUT2D eigenvalue weighted by Gasteiger charge is 2.07. The van der Waals surface area contributed by atoms with E-state index in [9.17, 15) is 14.4 Å². The fourth-order valence-corrected chi connectivity index (χ4v) is 2.86. The fourth-order valence-electron chi connectivity index (χ4n) is 2.86. The molecule has 0 rings (SSSR count). The molecule has 0 radical (unpaired) electrons. The van der Waals surface area contributed by atoms with Gasteiger partial charge < -0.3 is 5.11 Å². The van der Waals surface area contributed by atoms with E-state index >= 15 is 0 Å². The molecule has 0 spiro atoms. The Morgan fingerprint density at radius 1 is 0.556 bits per heavy atom. The average molecular weight is 387 g/mol. The van der Waals surface area contributed by atoms with Gasteiger partial charge in [-0.1, -0.05) is 84.0 Å². The van der Waals surface area contributed by atoms with Crippen molar-refractivity contribution < 1.29 is 29.3 Å². The van der Waals surface area contributed by atoms with E-state index in [0.29, 0.717) is 12.8 Å². The van der Waals surface area contributed by atoms with Gasteiger partial charge in [-0.05, 0) is 12.8 Å². The van der Waals surface area contributed by atoms with Gasteiger partial charge in [-0.15, -0.1) is 0 Å². The molecule has 1 N–H and O–H groups in total. The molecule has 0 aromatic carbocycles. The van der Waals surface area contributed by atoms with Crippen LogP contribution in [0.5, 0.6) is 0 Å². The third-order valence-corrected chi connectivity index (χ3v) is 4.54. The third-order valence-electron chi connectivity index (χ3n) is 4.54. The predicted molar refractivity (Wildman–Crippen MR) is 104 cm³/mol. The van der Waals surface area contributed by atoms with Crippen LogP contribution in [0.1, 0.15) is 116 Å². The fraction of sp³-hybridized carbons (Fsp3) is 0.857. The zero-order chi connectivity index (χ0) is 20.2. The molecule has 0 saturated heterocycles. The number of hydrogen-bond acceptors (Lipinski definition) is 5. The molecule has 0 aliphatic rings. The van der Waals surface area contributed by atoms with Crippen molar-refractivity contribution in [2.75, 3.05) is 0 Å². The first kappa shape index (κ1) is 25.4. The Balaban J connectivity index is 3.15. The van der Waals surface area contributed by atoms with Gasteiger partial charge in [0.25, 0.3) is 0 Å². The molecule has 0 aromatic rings. The monoisotopic (exact) mass is 386 g/mol. The predicted octanol–water partition coefficient (Wildman–Crippen LogP) is 5.72. The summed E-state index contributed by atoms with van der Waals surface area (Å²) in [6, 6.07) is 0. The van der Waals surface area contributed by atoms with Crippen molar-refractivity contribution >= 4 is 17.9 Å². The van der Waals surface area contributed by atoms with E-state index in [0.717, 1.165) is 38.5 Å². The number of carboxylic acids is 1. The largest absolute Gasteiger partial charge is 0.481 e. The van der Waals surface area contributed by atoms with Crippen molar-refractivity contribution in [3.8, 4) is 0 Å². The van der Waals surface area contributed by atoms with Crippen LogP contribution in [0.15, 0.2) is 0 Å². The lowest BCUT2D eigenvalue weighted by Gasteiger charge is -2.04. The quantitative estimate of drug-likeness (QED) is 0.184. The Hall–Kier alpha value is -1.59. The van der Waals surface area contributed by atoms with Gasteiger partial charge in [-0.2, -0.15) is 0 Å². The van der Waals surface area contributed by atoms with Crippen molar-refractivity contribution in [3.05, 3.63) is 0 Å². The normalized spacial score (nSPS) is 10.6. The summed E-state index contributed by atoms with van der Waals surface area (Å²) in [5.74, 6) is -1.69. The van der Waals surface area contributed by atoms with Crippen LogP contribution in [0.2, 0.25) is 0 Å². The zero-order valence-electron chi connectivity index (χ0n) is 17.0. The van der Waals surface area contributed by atoms with E-state index in [4.69, 9.17) is 5.11 Å². The molecular formula is C21H38O6. The van der Waals surface area contributed by atoms with Gasteiger partial charge in [0.2, 0.25) is 0 Å². The second-order valence-electron chi connectivity index (χ2n) is 7.11. The van der Waals surface area contributed by atoms with Crippen LogP contribution in [0.3, 0.4) is 0 Å². The van der Waals surface area contributed by atoms with Crippen molar-refractivity contribution in [3.63, 3.8) is 0 Å². The number of carboxylic acid groups (broad SMARTS) is 1. The van der Waals surface area contributed by atoms with E-state index in [1.807, 2.05) is 0 Å². The SMILES string of the molecule is CCC(=O)OOC(=O)CCCCCCCCCCCCCCCCC(=O)O. The summed E-state index contributed by atoms with van der Waals surface area (Å²) >= 11 is 0. The van der Waals surface area contributed by atoms with E-state index in [2.05, 4.69) is 9.78 Å². The first-order valence-electron chi connectivity index (χ1n) is 10.7. The van der Waals surface area contributed by atoms with Gasteiger partial charge in [0, 0.05) is 12.8 Å². The molecular weight excluding hydrogens is 348 g/mol. The lowest BCUT2D eigenvalue weighted by Crippen LogP contribution is -2.10. The molecule has 158 valence electrons. The molecule has 0 aliphatic carbocycles. The van der Waals surface area contributed by atoms with Crippen LogP contribution < -0.4 is 0 Å². The summed E-state index contributed by atoms with van der Waals surface area (Å²) in [7, 11) is 0. The second kappa shape index (κ2) is 19.2. The standard InChI is InChI=1S/C21H38O6/c1-2-20(24)26-27-21(25)18-16-14-12-10-8-6-4-3-5-7-9-11-13-15-17-19(22)23/h2-18H2,1H3,(H,22,23). The van der Waals surface area contributed by atoms with Crippen molar-refractivity contribution in [2.45, 2.75) is 116 Å². The van der Waals surface area contributed by atoms with Gasteiger partial charge in [-0.3, -0.25) is 4.79 Å². The minimum Gasteiger partial charge on any atom is -0.481 e. The highest BCUT2D eigenvalue weighted by Crippen LogP contribution is 2.13. The van der Waals surface area contributed by atoms with Crippen LogP contribution in [0, 0.1) is 0 Å². The van der Waals surface area contributed by atoms with Crippen molar-refractivity contribution in [2.24, 2.45) is 0 Å². The summed E-state index contributed by atoms with van der Waals surface area (Å²) in [5, 5.41) is 8.55. The summed E-state index contributed by atoms with van der Waals surface area (Å²) in [4.78, 5) is 41.3. The van der Waals surface area contributed by atoms with Crippen LogP contribution in [-0.2, 0) is 24.2 Å². The van der Waals surface area contributed by atoms with Crippen molar-refractivity contribution in [1.29, 1.82) is 0 Å². The topological polar surface area (TPSA) is 89.9 Å². The first-order valence-corrected chi connectivity index (χ1v) is 10.7. The highest BCUT2D eigenvalue weighted by atomic mass is 17.2. The summed E-state index contributed by atoms with van der Waals surface area (Å²) in [5.41, 5.74) is 0. The van der Waals surface area contributed by atoms with Gasteiger partial charge >= 0.3 is 17.9 Å². The Morgan fingerprint density at radius 2 is 0.889 bits per heavy atom. The van der Waals surface area contributed by atoms with E-state index in [1.54, 1.807) is 6.92 Å². The van der Waals surface area contributed by atoms with Crippen LogP contribution in [0.25, 0.3) is 0 Å². The van der Waals surface area contributed by atoms with Gasteiger partial charge in [-0.25, -0.2) is 19.4 Å². The molecule has 0 aromatic heterocycles. The number of hydrogen-bond donors (Lipinski definition) is 1. The molecule has 6 nitrogen and oxygen atoms in total. The molecule has 0 aliphatic heterocycles. The maximum Gasteiger partial charge on any atom is 0.355 e. The number of aliphatic carboxylic acids is 1. The minimum atomic E-state index is -0.688. The molecule has 0 atom stereocenters. The minimum absolute atomic E-state index is 0.196. The number of carbonyl (C=O) groups is 3. The van der Waals surface area contributed by atoms with Gasteiger partial charge in [0.05, 0.1) is 6.42 Å². The molecule has 0 heterocycles. The smallest absolute Gasteiger partial charge is 0.355 e. The number of carbonyl (C=O) groups excluding carboxylic acids is 2. The second-order valence-corrected chi connectivity index (χ2v) is 7.11. The Kier molecular flexibility index (Phi) is 18.0. The van der Waals surface area contributed by atoms with E-state index in [1.165, 1.54) is 51.4 Å². The highest BCUT2D eigenvalue weighted by molar-refractivity contribution is 5.72. The zero-order valence-corrected chi connectivity index (χ0v) is 17.0. The molecule has 0 amide bonds. The number of rotatable bonds is 18. The molecule has 0 unspecified atom stereocenters. The first-order chi connectivity index (χ1) is 13.1. The van der Waals surface area contributed by atoms with Crippen LogP contribution in [-0.4, -0.2) is 23.0 Å². The molecule has 6 heteroatoms. The summed E-state index contributed by atoms with van der Waals surface area (Å²) < 4.78 is 0. The summed E-state index contributed by atoms with van der Waals surface area (Å²) in [6.07, 6.45) is 16.7. The van der Waals surface area contributed by atoms with Gasteiger partial charge in [0.1, 0.15) is 0 Å². The lowest BCUT2D eigenvalue weighted by atomic mass is 10.0. The number of unbranched alkanes of at least 4 members (excludes halogenated alkanes) is 13. The maximum absolute atomic E-state index is 11.3. The summed E-state index contributed by atoms with van der Waals surface area (Å²) in [6.45, 7) is 1.64. The Labute approximate surface area is 163 Å². The molecule has 0 fully saturated rings. The van der Waals surface area contributed by atoms with E-state index in [-0.39, 0.29) is 6.42 Å². The third kappa shape index (κ3) is 20.6. The molecule has 0 saturated carbocycles. The van der Waals surface area contributed by atoms with Crippen LogP contribution >= 0.6 is 0 Å². The van der Waals surface area contributed by atoms with Crippen LogP contribution in [0.4, 0.5) is 0 Å². The molecule has 27 heavy (non-hydrogen) atoms. The maximum atomic E-state index is 11.3. The Morgan fingerprint density at radius 3 is 1.26 bits per heavy atom. The van der Waals surface area contributed by atoms with Gasteiger partial charge in [0.15, 0.2) is 0 Å². The van der Waals surface area contributed by atoms with Crippen molar-refractivity contribution in [1.82, 2.24) is 0 Å². The van der Waals surface area contributed by atoms with E-state index < -0.39 is 17.9 Å². The lowest BCUT2D eigenvalue weighted by molar-refractivity contribution is -0.258. The molecule has 0 bridgehead atoms. The Bertz CT molecular complexity index is 394. The average Bonchev–Trinajstić information content (AvgIpc) is 2.65.